The van der Waals surface area contributed by atoms with Gasteiger partial charge in [-0.25, -0.2) is 0 Å². The third-order valence-corrected chi connectivity index (χ3v) is 6.91. The van der Waals surface area contributed by atoms with Crippen molar-refractivity contribution in [3.05, 3.63) is 12.3 Å². The third kappa shape index (κ3) is 2.46. The van der Waals surface area contributed by atoms with Crippen molar-refractivity contribution < 1.29 is 8.85 Å². The van der Waals surface area contributed by atoms with Gasteiger partial charge in [0.1, 0.15) is 0 Å². The zero-order valence-corrected chi connectivity index (χ0v) is 10.4. The van der Waals surface area contributed by atoms with Crippen molar-refractivity contribution in [3.8, 4) is 0 Å². The highest BCUT2D eigenvalue weighted by molar-refractivity contribution is 6.74. The summed E-state index contributed by atoms with van der Waals surface area (Å²) >= 11 is 0. The van der Waals surface area contributed by atoms with Gasteiger partial charge in [0.25, 0.3) is 0 Å². The molecular formula is C11H22O2Si. The molecule has 0 aromatic carbocycles. The second kappa shape index (κ2) is 5.68. The van der Waals surface area contributed by atoms with E-state index in [0.717, 1.165) is 0 Å². The van der Waals surface area contributed by atoms with Gasteiger partial charge in [0.15, 0.2) is 0 Å². The van der Waals surface area contributed by atoms with Crippen LogP contribution in [0.1, 0.15) is 38.5 Å². The van der Waals surface area contributed by atoms with Gasteiger partial charge in [-0.1, -0.05) is 25.7 Å². The predicted octanol–water partition coefficient (Wildman–Crippen LogP) is 3.17. The molecule has 0 radical (unpaired) electrons. The molecule has 1 aliphatic carbocycles. The maximum absolute atomic E-state index is 5.63. The lowest BCUT2D eigenvalue weighted by molar-refractivity contribution is 0.238. The molecule has 3 heteroatoms. The van der Waals surface area contributed by atoms with E-state index in [-0.39, 0.29) is 0 Å². The van der Waals surface area contributed by atoms with Crippen molar-refractivity contribution in [3.63, 3.8) is 0 Å². The fourth-order valence-corrected chi connectivity index (χ4v) is 5.14. The monoisotopic (exact) mass is 214 g/mol. The van der Waals surface area contributed by atoms with Crippen LogP contribution >= 0.6 is 0 Å². The first kappa shape index (κ1) is 11.9. The van der Waals surface area contributed by atoms with E-state index in [2.05, 4.69) is 6.58 Å². The van der Waals surface area contributed by atoms with Gasteiger partial charge in [-0.15, -0.1) is 6.58 Å². The molecule has 0 bridgehead atoms. The van der Waals surface area contributed by atoms with E-state index in [9.17, 15) is 0 Å². The normalized spacial score (nSPS) is 20.4. The molecule has 14 heavy (non-hydrogen) atoms. The molecule has 1 saturated carbocycles. The summed E-state index contributed by atoms with van der Waals surface area (Å²) in [7, 11) is 1.45. The van der Waals surface area contributed by atoms with Crippen molar-refractivity contribution >= 4 is 8.56 Å². The summed E-state index contributed by atoms with van der Waals surface area (Å²) in [5, 5.41) is 0. The first-order valence-corrected chi connectivity index (χ1v) is 7.50. The van der Waals surface area contributed by atoms with Gasteiger partial charge in [0.05, 0.1) is 0 Å². The van der Waals surface area contributed by atoms with E-state index in [1.54, 1.807) is 14.2 Å². The Bertz CT molecular complexity index is 170. The number of rotatable bonds is 4. The van der Waals surface area contributed by atoms with Crippen LogP contribution < -0.4 is 0 Å². The maximum atomic E-state index is 5.63. The van der Waals surface area contributed by atoms with Crippen molar-refractivity contribution in [2.24, 2.45) is 0 Å². The van der Waals surface area contributed by atoms with E-state index in [1.165, 1.54) is 38.5 Å². The van der Waals surface area contributed by atoms with Crippen LogP contribution in [-0.4, -0.2) is 22.8 Å². The molecule has 82 valence electrons. The summed E-state index contributed by atoms with van der Waals surface area (Å²) in [6.45, 7) is 3.89. The second-order valence-electron chi connectivity index (χ2n) is 4.02. The Morgan fingerprint density at radius 1 is 1.07 bits per heavy atom. The first-order chi connectivity index (χ1) is 6.79. The zero-order valence-electron chi connectivity index (χ0n) is 9.42. The Kier molecular flexibility index (Phi) is 4.85. The summed E-state index contributed by atoms with van der Waals surface area (Å²) in [6, 6.07) is 0. The van der Waals surface area contributed by atoms with Gasteiger partial charge in [-0.2, -0.15) is 0 Å². The average Bonchev–Trinajstić information content (AvgIpc) is 2.51. The SMILES string of the molecule is C=C[Si](OC)(OC)C1CCCCCC1. The first-order valence-electron chi connectivity index (χ1n) is 5.53. The lowest BCUT2D eigenvalue weighted by Gasteiger charge is -2.31. The summed E-state index contributed by atoms with van der Waals surface area (Å²) in [5.74, 6) is 0. The van der Waals surface area contributed by atoms with E-state index >= 15 is 0 Å². The lowest BCUT2D eigenvalue weighted by atomic mass is 10.2. The summed E-state index contributed by atoms with van der Waals surface area (Å²) < 4.78 is 11.3. The Morgan fingerprint density at radius 3 is 1.93 bits per heavy atom. The smallest absolute Gasteiger partial charge is 0.367 e. The molecule has 2 nitrogen and oxygen atoms in total. The molecule has 1 fully saturated rings. The average molecular weight is 214 g/mol. The largest absolute Gasteiger partial charge is 0.395 e. The van der Waals surface area contributed by atoms with Crippen LogP contribution in [0.5, 0.6) is 0 Å². The second-order valence-corrected chi connectivity index (χ2v) is 7.51. The van der Waals surface area contributed by atoms with Crippen molar-refractivity contribution in [2.45, 2.75) is 44.1 Å². The molecule has 0 aromatic heterocycles. The fourth-order valence-electron chi connectivity index (χ4n) is 2.43. The standard InChI is InChI=1S/C11H22O2Si/c1-4-14(12-2,13-3)11-9-7-5-6-8-10-11/h4,11H,1,5-10H2,2-3H3. The van der Waals surface area contributed by atoms with Gasteiger partial charge >= 0.3 is 8.56 Å². The van der Waals surface area contributed by atoms with Crippen molar-refractivity contribution in [1.82, 2.24) is 0 Å². The van der Waals surface area contributed by atoms with Crippen LogP contribution in [0, 0.1) is 0 Å². The highest BCUT2D eigenvalue weighted by atomic mass is 28.4. The topological polar surface area (TPSA) is 18.5 Å². The minimum Gasteiger partial charge on any atom is -0.395 e. The molecule has 0 amide bonds. The maximum Gasteiger partial charge on any atom is 0.367 e. The van der Waals surface area contributed by atoms with Crippen LogP contribution in [0.15, 0.2) is 12.3 Å². The number of hydrogen-bond donors (Lipinski definition) is 0. The van der Waals surface area contributed by atoms with Crippen molar-refractivity contribution in [2.75, 3.05) is 14.2 Å². The van der Waals surface area contributed by atoms with Crippen LogP contribution in [0.2, 0.25) is 5.54 Å². The molecule has 0 heterocycles. The Balaban J connectivity index is 2.69. The van der Waals surface area contributed by atoms with Crippen LogP contribution in [-0.2, 0) is 8.85 Å². The molecule has 0 atom stereocenters. The highest BCUT2D eigenvalue weighted by Crippen LogP contribution is 2.36. The minimum absolute atomic E-state index is 0.609. The fraction of sp³-hybridized carbons (Fsp3) is 0.818. The Hall–Kier alpha value is -0.123. The van der Waals surface area contributed by atoms with Crippen molar-refractivity contribution in [1.29, 1.82) is 0 Å². The molecule has 0 N–H and O–H groups in total. The zero-order chi connectivity index (χ0) is 10.4. The quantitative estimate of drug-likeness (QED) is 0.528. The summed E-state index contributed by atoms with van der Waals surface area (Å²) in [5.41, 5.74) is 2.56. The van der Waals surface area contributed by atoms with Crippen LogP contribution in [0.4, 0.5) is 0 Å². The molecule has 1 aliphatic rings. The van der Waals surface area contributed by atoms with Gasteiger partial charge < -0.3 is 8.85 Å². The van der Waals surface area contributed by atoms with E-state index in [0.29, 0.717) is 5.54 Å². The molecule has 0 aliphatic heterocycles. The molecule has 0 saturated heterocycles. The third-order valence-electron chi connectivity index (χ3n) is 3.35. The minimum atomic E-state index is -2.08. The number of hydrogen-bond acceptors (Lipinski definition) is 2. The Labute approximate surface area is 88.5 Å². The van der Waals surface area contributed by atoms with Gasteiger partial charge in [-0.3, -0.25) is 0 Å². The van der Waals surface area contributed by atoms with Gasteiger partial charge in [0, 0.05) is 19.8 Å². The Morgan fingerprint density at radius 2 is 1.57 bits per heavy atom. The van der Waals surface area contributed by atoms with E-state index in [4.69, 9.17) is 8.85 Å². The molecule has 0 unspecified atom stereocenters. The summed E-state index contributed by atoms with van der Waals surface area (Å²) in [4.78, 5) is 0. The van der Waals surface area contributed by atoms with E-state index < -0.39 is 8.56 Å². The van der Waals surface area contributed by atoms with Crippen LogP contribution in [0.25, 0.3) is 0 Å². The molecule has 1 rings (SSSR count). The molecular weight excluding hydrogens is 192 g/mol. The van der Waals surface area contributed by atoms with Crippen LogP contribution in [0.3, 0.4) is 0 Å². The molecule has 0 aromatic rings. The lowest BCUT2D eigenvalue weighted by Crippen LogP contribution is -2.43. The molecule has 0 spiro atoms. The van der Waals surface area contributed by atoms with E-state index in [1.807, 2.05) is 5.70 Å². The highest BCUT2D eigenvalue weighted by Gasteiger charge is 2.41. The van der Waals surface area contributed by atoms with Gasteiger partial charge in [-0.05, 0) is 18.5 Å². The summed E-state index contributed by atoms with van der Waals surface area (Å²) in [6.07, 6.45) is 7.87. The predicted molar refractivity (Wildman–Crippen MR) is 61.4 cm³/mol. The van der Waals surface area contributed by atoms with Gasteiger partial charge in [0.2, 0.25) is 0 Å².